The average molecular weight is 209 g/mol. The van der Waals surface area contributed by atoms with Gasteiger partial charge in [0, 0.05) is 19.0 Å². The summed E-state index contributed by atoms with van der Waals surface area (Å²) in [6.07, 6.45) is 8.45. The van der Waals surface area contributed by atoms with Gasteiger partial charge in [-0.25, -0.2) is 0 Å². The van der Waals surface area contributed by atoms with Crippen LogP contribution in [0, 0.1) is 11.3 Å². The molecule has 1 aliphatic rings. The van der Waals surface area contributed by atoms with E-state index in [4.69, 9.17) is 11.0 Å². The van der Waals surface area contributed by atoms with E-state index >= 15 is 0 Å². The summed E-state index contributed by atoms with van der Waals surface area (Å²) < 4.78 is 0. The molecule has 15 heavy (non-hydrogen) atoms. The molecule has 86 valence electrons. The van der Waals surface area contributed by atoms with Crippen molar-refractivity contribution in [2.75, 3.05) is 19.6 Å². The minimum absolute atomic E-state index is 0.654. The highest BCUT2D eigenvalue weighted by Crippen LogP contribution is 2.22. The van der Waals surface area contributed by atoms with Crippen molar-refractivity contribution in [2.45, 2.75) is 51.0 Å². The van der Waals surface area contributed by atoms with Crippen molar-refractivity contribution in [3.05, 3.63) is 0 Å². The zero-order valence-corrected chi connectivity index (χ0v) is 9.62. The van der Waals surface area contributed by atoms with Crippen LogP contribution in [0.1, 0.15) is 44.9 Å². The summed E-state index contributed by atoms with van der Waals surface area (Å²) in [6.45, 7) is 2.76. The summed E-state index contributed by atoms with van der Waals surface area (Å²) in [5, 5.41) is 8.64. The SMILES string of the molecule is N#CCCN(CCCN)C1CCCCC1. The van der Waals surface area contributed by atoms with Crippen molar-refractivity contribution < 1.29 is 0 Å². The maximum Gasteiger partial charge on any atom is 0.0635 e. The van der Waals surface area contributed by atoms with Crippen molar-refractivity contribution in [1.82, 2.24) is 4.90 Å². The molecule has 1 saturated carbocycles. The lowest BCUT2D eigenvalue weighted by atomic mass is 9.94. The Balaban J connectivity index is 2.34. The van der Waals surface area contributed by atoms with Crippen LogP contribution in [0.15, 0.2) is 0 Å². The number of hydrogen-bond acceptors (Lipinski definition) is 3. The predicted molar refractivity (Wildman–Crippen MR) is 62.3 cm³/mol. The second-order valence-electron chi connectivity index (χ2n) is 4.38. The summed E-state index contributed by atoms with van der Waals surface area (Å²) >= 11 is 0. The van der Waals surface area contributed by atoms with Crippen LogP contribution in [0.2, 0.25) is 0 Å². The predicted octanol–water partition coefficient (Wildman–Crippen LogP) is 1.88. The van der Waals surface area contributed by atoms with Crippen LogP contribution < -0.4 is 5.73 Å². The molecule has 0 aromatic carbocycles. The fourth-order valence-electron chi connectivity index (χ4n) is 2.41. The highest BCUT2D eigenvalue weighted by molar-refractivity contribution is 4.79. The van der Waals surface area contributed by atoms with Gasteiger partial charge in [0.25, 0.3) is 0 Å². The van der Waals surface area contributed by atoms with Crippen LogP contribution in [0.3, 0.4) is 0 Å². The van der Waals surface area contributed by atoms with Crippen molar-refractivity contribution in [2.24, 2.45) is 5.73 Å². The first-order valence-electron chi connectivity index (χ1n) is 6.19. The lowest BCUT2D eigenvalue weighted by molar-refractivity contribution is 0.158. The molecule has 3 nitrogen and oxygen atoms in total. The van der Waals surface area contributed by atoms with Crippen LogP contribution in [0.5, 0.6) is 0 Å². The Labute approximate surface area is 93.2 Å². The molecule has 0 radical (unpaired) electrons. The van der Waals surface area contributed by atoms with Crippen molar-refractivity contribution in [3.8, 4) is 6.07 Å². The molecule has 2 N–H and O–H groups in total. The first-order chi connectivity index (χ1) is 7.38. The molecule has 1 rings (SSSR count). The molecule has 0 unspecified atom stereocenters. The van der Waals surface area contributed by atoms with Crippen molar-refractivity contribution >= 4 is 0 Å². The van der Waals surface area contributed by atoms with Gasteiger partial charge in [-0.2, -0.15) is 5.26 Å². The maximum atomic E-state index is 8.64. The Hall–Kier alpha value is -0.590. The molecule has 0 spiro atoms. The highest BCUT2D eigenvalue weighted by Gasteiger charge is 2.19. The Bertz CT molecular complexity index is 192. The molecule has 0 saturated heterocycles. The van der Waals surface area contributed by atoms with Crippen LogP contribution in [-0.4, -0.2) is 30.6 Å². The summed E-state index contributed by atoms with van der Waals surface area (Å²) in [5.41, 5.74) is 5.54. The smallest absolute Gasteiger partial charge is 0.0635 e. The molecule has 0 atom stereocenters. The van der Waals surface area contributed by atoms with E-state index in [2.05, 4.69) is 11.0 Å². The molecule has 1 aliphatic carbocycles. The van der Waals surface area contributed by atoms with Gasteiger partial charge in [-0.05, 0) is 32.4 Å². The minimum atomic E-state index is 0.654. The number of hydrogen-bond donors (Lipinski definition) is 1. The van der Waals surface area contributed by atoms with E-state index in [-0.39, 0.29) is 0 Å². The van der Waals surface area contributed by atoms with E-state index < -0.39 is 0 Å². The summed E-state index contributed by atoms with van der Waals surface area (Å²) in [4.78, 5) is 2.48. The molecule has 0 amide bonds. The Kier molecular flexibility index (Phi) is 6.38. The largest absolute Gasteiger partial charge is 0.330 e. The molecule has 0 heterocycles. The van der Waals surface area contributed by atoms with Crippen LogP contribution in [-0.2, 0) is 0 Å². The van der Waals surface area contributed by atoms with Gasteiger partial charge in [0.05, 0.1) is 6.07 Å². The molecule has 0 bridgehead atoms. The Morgan fingerprint density at radius 2 is 1.93 bits per heavy atom. The Morgan fingerprint density at radius 1 is 1.20 bits per heavy atom. The first kappa shape index (κ1) is 12.5. The lowest BCUT2D eigenvalue weighted by Gasteiger charge is -2.33. The van der Waals surface area contributed by atoms with Gasteiger partial charge in [-0.3, -0.25) is 4.90 Å². The van der Waals surface area contributed by atoms with E-state index in [0.29, 0.717) is 6.42 Å². The summed E-state index contributed by atoms with van der Waals surface area (Å²) in [5.74, 6) is 0. The fraction of sp³-hybridized carbons (Fsp3) is 0.917. The second-order valence-corrected chi connectivity index (χ2v) is 4.38. The number of nitrogens with zero attached hydrogens (tertiary/aromatic N) is 2. The van der Waals surface area contributed by atoms with E-state index in [9.17, 15) is 0 Å². The zero-order chi connectivity index (χ0) is 10.9. The maximum absolute atomic E-state index is 8.64. The second kappa shape index (κ2) is 7.67. The molecular weight excluding hydrogens is 186 g/mol. The fourth-order valence-corrected chi connectivity index (χ4v) is 2.41. The third kappa shape index (κ3) is 4.63. The minimum Gasteiger partial charge on any atom is -0.330 e. The van der Waals surface area contributed by atoms with Gasteiger partial charge < -0.3 is 5.73 Å². The number of nitrogens with two attached hydrogens (primary N) is 1. The van der Waals surface area contributed by atoms with E-state index in [1.54, 1.807) is 0 Å². The van der Waals surface area contributed by atoms with Gasteiger partial charge in [0.1, 0.15) is 0 Å². The summed E-state index contributed by atoms with van der Waals surface area (Å²) in [7, 11) is 0. The van der Waals surface area contributed by atoms with Gasteiger partial charge in [0.2, 0.25) is 0 Å². The molecule has 1 fully saturated rings. The molecular formula is C12H23N3. The molecule has 0 aromatic rings. The average Bonchev–Trinajstić information content (AvgIpc) is 2.30. The van der Waals surface area contributed by atoms with E-state index in [0.717, 1.165) is 32.1 Å². The number of rotatable bonds is 6. The van der Waals surface area contributed by atoms with Gasteiger partial charge in [-0.15, -0.1) is 0 Å². The Morgan fingerprint density at radius 3 is 2.53 bits per heavy atom. The monoisotopic (exact) mass is 209 g/mol. The normalized spacial score (nSPS) is 17.9. The van der Waals surface area contributed by atoms with Crippen LogP contribution >= 0.6 is 0 Å². The molecule has 0 aromatic heterocycles. The first-order valence-corrected chi connectivity index (χ1v) is 6.19. The molecule has 0 aliphatic heterocycles. The number of nitriles is 1. The van der Waals surface area contributed by atoms with E-state index in [1.807, 2.05) is 0 Å². The van der Waals surface area contributed by atoms with E-state index in [1.165, 1.54) is 32.1 Å². The standard InChI is InChI=1S/C12H23N3/c13-8-4-10-15(11-5-9-14)12-6-2-1-3-7-12/h12H,1-8,10-11,13H2. The van der Waals surface area contributed by atoms with Crippen molar-refractivity contribution in [3.63, 3.8) is 0 Å². The third-order valence-corrected chi connectivity index (χ3v) is 3.25. The van der Waals surface area contributed by atoms with Gasteiger partial charge in [0.15, 0.2) is 0 Å². The third-order valence-electron chi connectivity index (χ3n) is 3.25. The summed E-state index contributed by atoms with van der Waals surface area (Å²) in [6, 6.07) is 2.96. The molecule has 3 heteroatoms. The van der Waals surface area contributed by atoms with Crippen LogP contribution in [0.4, 0.5) is 0 Å². The topological polar surface area (TPSA) is 53.0 Å². The van der Waals surface area contributed by atoms with Gasteiger partial charge >= 0.3 is 0 Å². The quantitative estimate of drug-likeness (QED) is 0.726. The van der Waals surface area contributed by atoms with Gasteiger partial charge in [-0.1, -0.05) is 19.3 Å². The van der Waals surface area contributed by atoms with Crippen molar-refractivity contribution in [1.29, 1.82) is 5.26 Å². The highest BCUT2D eigenvalue weighted by atomic mass is 15.1. The lowest BCUT2D eigenvalue weighted by Crippen LogP contribution is -2.38. The zero-order valence-electron chi connectivity index (χ0n) is 9.62. The van der Waals surface area contributed by atoms with Crippen LogP contribution in [0.25, 0.3) is 0 Å².